The SMILES string of the molecule is [2H]CCN(CCOP(OCCC#N)N(C(C)C)C(C)C)c1cc(OC)c(/C=C/c2ccc([N+](=O)[O-])c3ccccc23)cc1OC. The number of likely N-dealkylation sites (N-methyl/N-ethyl adjacent to an activating group) is 1. The number of nitrogens with zero attached hydrogens (tertiary/aromatic N) is 4. The van der Waals surface area contributed by atoms with Gasteiger partial charge in [-0.25, -0.2) is 4.67 Å². The normalized spacial score (nSPS) is 12.6. The summed E-state index contributed by atoms with van der Waals surface area (Å²) in [5, 5.41) is 21.9. The number of nitro groups is 1. The smallest absolute Gasteiger partial charge is 0.277 e. The van der Waals surface area contributed by atoms with Crippen LogP contribution in [-0.2, 0) is 9.05 Å². The molecule has 0 saturated carbocycles. The van der Waals surface area contributed by atoms with Gasteiger partial charge in [0, 0.05) is 44.2 Å². The number of rotatable bonds is 17. The van der Waals surface area contributed by atoms with Crippen LogP contribution in [0.15, 0.2) is 48.5 Å². The van der Waals surface area contributed by atoms with E-state index in [1.807, 2.05) is 41.3 Å². The van der Waals surface area contributed by atoms with Gasteiger partial charge in [0.2, 0.25) is 0 Å². The van der Waals surface area contributed by atoms with Crippen molar-refractivity contribution in [3.05, 3.63) is 69.8 Å². The average molecular weight is 624 g/mol. The summed E-state index contributed by atoms with van der Waals surface area (Å²) in [6.07, 6.45) is 4.09. The van der Waals surface area contributed by atoms with Crippen LogP contribution in [0.25, 0.3) is 22.9 Å². The minimum Gasteiger partial charge on any atom is -0.496 e. The van der Waals surface area contributed by atoms with E-state index in [1.54, 1.807) is 32.4 Å². The van der Waals surface area contributed by atoms with E-state index in [-0.39, 0.29) is 36.0 Å². The van der Waals surface area contributed by atoms with Crippen molar-refractivity contribution in [1.82, 2.24) is 4.67 Å². The number of hydrogen-bond acceptors (Lipinski definition) is 9. The zero-order chi connectivity index (χ0) is 32.9. The highest BCUT2D eigenvalue weighted by Crippen LogP contribution is 2.46. The van der Waals surface area contributed by atoms with Gasteiger partial charge in [0.25, 0.3) is 14.2 Å². The Morgan fingerprint density at radius 1 is 0.977 bits per heavy atom. The first-order valence-corrected chi connectivity index (χ1v) is 15.6. The predicted octanol–water partition coefficient (Wildman–Crippen LogP) is 8.05. The quantitative estimate of drug-likeness (QED) is 0.0485. The van der Waals surface area contributed by atoms with Crippen molar-refractivity contribution in [3.8, 4) is 17.6 Å². The minimum atomic E-state index is -1.39. The van der Waals surface area contributed by atoms with Crippen LogP contribution in [0.2, 0.25) is 0 Å². The lowest BCUT2D eigenvalue weighted by Crippen LogP contribution is -2.34. The summed E-state index contributed by atoms with van der Waals surface area (Å²) in [7, 11) is 1.81. The molecule has 0 aromatic heterocycles. The van der Waals surface area contributed by atoms with Gasteiger partial charge in [0.15, 0.2) is 0 Å². The van der Waals surface area contributed by atoms with E-state index in [4.69, 9.17) is 25.2 Å². The molecule has 44 heavy (non-hydrogen) atoms. The lowest BCUT2D eigenvalue weighted by atomic mass is 10.0. The Bertz CT molecular complexity index is 1490. The first-order chi connectivity index (χ1) is 21.7. The Morgan fingerprint density at radius 2 is 1.64 bits per heavy atom. The van der Waals surface area contributed by atoms with Crippen LogP contribution < -0.4 is 14.4 Å². The number of benzene rings is 3. The number of ether oxygens (including phenoxy) is 2. The Morgan fingerprint density at radius 3 is 2.25 bits per heavy atom. The molecule has 0 radical (unpaired) electrons. The maximum atomic E-state index is 11.5. The minimum absolute atomic E-state index is 0.0623. The Kier molecular flexibility index (Phi) is 12.8. The van der Waals surface area contributed by atoms with E-state index < -0.39 is 8.53 Å². The third kappa shape index (κ3) is 8.67. The van der Waals surface area contributed by atoms with E-state index in [1.165, 1.54) is 6.07 Å². The van der Waals surface area contributed by atoms with E-state index in [9.17, 15) is 10.1 Å². The topological polar surface area (TPSA) is 110 Å². The maximum absolute atomic E-state index is 11.5. The van der Waals surface area contributed by atoms with Crippen molar-refractivity contribution < 1.29 is 24.8 Å². The molecule has 0 aliphatic carbocycles. The van der Waals surface area contributed by atoms with Crippen molar-refractivity contribution in [2.45, 2.75) is 53.1 Å². The predicted molar refractivity (Wildman–Crippen MR) is 178 cm³/mol. The lowest BCUT2D eigenvalue weighted by Gasteiger charge is -2.36. The highest BCUT2D eigenvalue weighted by atomic mass is 31.2. The zero-order valence-electron chi connectivity index (χ0n) is 27.4. The molecule has 0 aliphatic rings. The van der Waals surface area contributed by atoms with E-state index >= 15 is 0 Å². The number of nitro benzene ring substituents is 1. The Balaban J connectivity index is 1.89. The molecule has 11 heteroatoms. The van der Waals surface area contributed by atoms with Gasteiger partial charge in [-0.05, 0) is 63.7 Å². The molecule has 0 saturated heterocycles. The fourth-order valence-corrected chi connectivity index (χ4v) is 6.55. The molecule has 10 nitrogen and oxygen atoms in total. The molecule has 0 spiro atoms. The summed E-state index contributed by atoms with van der Waals surface area (Å²) < 4.78 is 34.0. The molecular formula is C33H43N4O6P. The van der Waals surface area contributed by atoms with Crippen molar-refractivity contribution in [2.75, 3.05) is 45.4 Å². The average Bonchev–Trinajstić information content (AvgIpc) is 3.02. The molecule has 236 valence electrons. The van der Waals surface area contributed by atoms with Crippen LogP contribution in [0.4, 0.5) is 11.4 Å². The van der Waals surface area contributed by atoms with Gasteiger partial charge < -0.3 is 23.4 Å². The van der Waals surface area contributed by atoms with Crippen LogP contribution in [0.3, 0.4) is 0 Å². The summed E-state index contributed by atoms with van der Waals surface area (Å²) in [5.41, 5.74) is 2.43. The molecule has 3 aromatic carbocycles. The summed E-state index contributed by atoms with van der Waals surface area (Å²) >= 11 is 0. The van der Waals surface area contributed by atoms with Gasteiger partial charge in [0.05, 0.1) is 55.9 Å². The van der Waals surface area contributed by atoms with Gasteiger partial charge in [-0.15, -0.1) is 0 Å². The van der Waals surface area contributed by atoms with Crippen LogP contribution >= 0.6 is 8.53 Å². The summed E-state index contributed by atoms with van der Waals surface area (Å²) in [6.45, 7) is 10.1. The molecule has 3 aromatic rings. The molecule has 0 N–H and O–H groups in total. The van der Waals surface area contributed by atoms with Gasteiger partial charge in [-0.3, -0.25) is 10.1 Å². The molecule has 0 fully saturated rings. The van der Waals surface area contributed by atoms with E-state index in [0.29, 0.717) is 43.2 Å². The van der Waals surface area contributed by atoms with Gasteiger partial charge in [-0.2, -0.15) is 5.26 Å². The van der Waals surface area contributed by atoms with Crippen LogP contribution in [-0.4, -0.2) is 62.2 Å². The number of methoxy groups -OCH3 is 2. The molecule has 1 unspecified atom stereocenters. The molecule has 3 rings (SSSR count). The molecule has 1 atom stereocenters. The number of hydrogen-bond donors (Lipinski definition) is 0. The number of fused-ring (bicyclic) bond motifs is 1. The summed E-state index contributed by atoms with van der Waals surface area (Å²) in [5.74, 6) is 1.22. The highest BCUT2D eigenvalue weighted by Gasteiger charge is 2.27. The third-order valence-corrected chi connectivity index (χ3v) is 9.05. The van der Waals surface area contributed by atoms with Gasteiger partial charge >= 0.3 is 0 Å². The van der Waals surface area contributed by atoms with Crippen molar-refractivity contribution in [1.29, 1.82) is 5.26 Å². The second kappa shape index (κ2) is 16.9. The number of anilines is 1. The monoisotopic (exact) mass is 623 g/mol. The van der Waals surface area contributed by atoms with Gasteiger partial charge in [0.1, 0.15) is 11.5 Å². The van der Waals surface area contributed by atoms with Crippen molar-refractivity contribution >= 4 is 42.8 Å². The standard InChI is InChI=1S/C33H43N4O6P/c1-8-35(19-21-43-44(42-20-11-18-34)36(24(2)3)25(4)5)31-23-32(40-6)27(22-33(31)41-7)15-14-26-16-17-30(37(38)39)29-13-10-9-12-28(26)29/h9-10,12-17,22-25H,8,11,19-21H2,1-7H3/b15-14+/i1D. The van der Waals surface area contributed by atoms with Crippen LogP contribution in [0, 0.1) is 21.4 Å². The maximum Gasteiger partial charge on any atom is 0.277 e. The Hall–Kier alpha value is -3.74. The van der Waals surface area contributed by atoms with Crippen LogP contribution in [0.5, 0.6) is 11.5 Å². The fraction of sp³-hybridized carbons (Fsp3) is 0.424. The first kappa shape index (κ1) is 33.2. The number of non-ortho nitro benzene ring substituents is 1. The zero-order valence-corrected chi connectivity index (χ0v) is 27.3. The third-order valence-electron chi connectivity index (χ3n) is 6.94. The molecule has 0 aliphatic heterocycles. The van der Waals surface area contributed by atoms with Crippen molar-refractivity contribution in [3.63, 3.8) is 0 Å². The molecular weight excluding hydrogens is 579 g/mol. The van der Waals surface area contributed by atoms with Crippen LogP contribution in [0.1, 0.15) is 53.5 Å². The fourth-order valence-electron chi connectivity index (χ4n) is 4.97. The molecule has 0 bridgehead atoms. The second-order valence-corrected chi connectivity index (χ2v) is 11.9. The Labute approximate surface area is 263 Å². The summed E-state index contributed by atoms with van der Waals surface area (Å²) in [6, 6.07) is 16.8. The number of nitriles is 1. The lowest BCUT2D eigenvalue weighted by molar-refractivity contribution is -0.383. The van der Waals surface area contributed by atoms with E-state index in [0.717, 1.165) is 22.2 Å². The molecule has 0 amide bonds. The highest BCUT2D eigenvalue weighted by molar-refractivity contribution is 7.44. The van der Waals surface area contributed by atoms with Crippen molar-refractivity contribution in [2.24, 2.45) is 0 Å². The largest absolute Gasteiger partial charge is 0.496 e. The van der Waals surface area contributed by atoms with Gasteiger partial charge in [-0.1, -0.05) is 30.4 Å². The summed E-state index contributed by atoms with van der Waals surface area (Å²) in [4.78, 5) is 13.2. The first-order valence-electron chi connectivity index (χ1n) is 15.2. The molecule has 0 heterocycles. The second-order valence-electron chi connectivity index (χ2n) is 10.4. The van der Waals surface area contributed by atoms with E-state index in [2.05, 4.69) is 38.4 Å².